The van der Waals surface area contributed by atoms with Crippen molar-refractivity contribution in [2.45, 2.75) is 116 Å². The van der Waals surface area contributed by atoms with E-state index in [0.717, 1.165) is 51.9 Å². The van der Waals surface area contributed by atoms with E-state index in [1.807, 2.05) is 0 Å². The van der Waals surface area contributed by atoms with Crippen LogP contribution in [0.15, 0.2) is 0 Å². The number of carbonyl (C=O) groups is 2. The number of hydrogen-bond acceptors (Lipinski definition) is 2. The van der Waals surface area contributed by atoms with Crippen molar-refractivity contribution in [2.75, 3.05) is 26.2 Å². The zero-order valence-corrected chi connectivity index (χ0v) is 18.3. The van der Waals surface area contributed by atoms with Crippen LogP contribution in [0.4, 0.5) is 0 Å². The van der Waals surface area contributed by atoms with Gasteiger partial charge in [-0.1, -0.05) is 64.2 Å². The SMILES string of the molecule is O=C(CCCCCCCCCCC(=O)N1CCCCCC1)N1CCCCCC1. The summed E-state index contributed by atoms with van der Waals surface area (Å²) in [5, 5.41) is 0. The van der Waals surface area contributed by atoms with Gasteiger partial charge in [-0.3, -0.25) is 9.59 Å². The van der Waals surface area contributed by atoms with Crippen LogP contribution in [0.1, 0.15) is 116 Å². The summed E-state index contributed by atoms with van der Waals surface area (Å²) in [4.78, 5) is 28.7. The van der Waals surface area contributed by atoms with Gasteiger partial charge in [0.25, 0.3) is 0 Å². The third kappa shape index (κ3) is 9.93. The molecule has 0 aliphatic carbocycles. The average Bonchev–Trinajstić information content (AvgIpc) is 3.14. The predicted molar refractivity (Wildman–Crippen MR) is 116 cm³/mol. The van der Waals surface area contributed by atoms with Crippen molar-refractivity contribution in [2.24, 2.45) is 0 Å². The number of unbranched alkanes of at least 4 members (excludes halogenated alkanes) is 7. The number of likely N-dealkylation sites (tertiary alicyclic amines) is 2. The van der Waals surface area contributed by atoms with Crippen LogP contribution >= 0.6 is 0 Å². The van der Waals surface area contributed by atoms with Crippen LogP contribution in [0.3, 0.4) is 0 Å². The van der Waals surface area contributed by atoms with Gasteiger partial charge in [0.05, 0.1) is 0 Å². The first-order chi connectivity index (χ1) is 13.8. The minimum Gasteiger partial charge on any atom is -0.343 e. The Morgan fingerprint density at radius 2 is 0.714 bits per heavy atom. The van der Waals surface area contributed by atoms with Crippen LogP contribution in [0.5, 0.6) is 0 Å². The molecule has 2 rings (SSSR count). The highest BCUT2D eigenvalue weighted by Crippen LogP contribution is 2.15. The van der Waals surface area contributed by atoms with Crippen LogP contribution in [-0.4, -0.2) is 47.8 Å². The maximum absolute atomic E-state index is 12.2. The third-order valence-corrected chi connectivity index (χ3v) is 6.45. The molecule has 0 bridgehead atoms. The Morgan fingerprint density at radius 3 is 1.04 bits per heavy atom. The Morgan fingerprint density at radius 1 is 0.429 bits per heavy atom. The molecule has 4 heteroatoms. The van der Waals surface area contributed by atoms with Gasteiger partial charge in [-0.15, -0.1) is 0 Å². The quantitative estimate of drug-likeness (QED) is 0.424. The van der Waals surface area contributed by atoms with E-state index in [1.54, 1.807) is 0 Å². The van der Waals surface area contributed by atoms with Gasteiger partial charge < -0.3 is 9.80 Å². The van der Waals surface area contributed by atoms with Crippen molar-refractivity contribution in [1.29, 1.82) is 0 Å². The van der Waals surface area contributed by atoms with E-state index < -0.39 is 0 Å². The molecule has 0 radical (unpaired) electrons. The van der Waals surface area contributed by atoms with Crippen molar-refractivity contribution in [3.05, 3.63) is 0 Å². The van der Waals surface area contributed by atoms with Gasteiger partial charge in [0, 0.05) is 39.0 Å². The molecule has 2 aliphatic rings. The molecule has 2 fully saturated rings. The number of carbonyl (C=O) groups excluding carboxylic acids is 2. The van der Waals surface area contributed by atoms with Gasteiger partial charge in [-0.2, -0.15) is 0 Å². The number of rotatable bonds is 11. The van der Waals surface area contributed by atoms with E-state index >= 15 is 0 Å². The van der Waals surface area contributed by atoms with E-state index in [0.29, 0.717) is 11.8 Å². The fourth-order valence-electron chi connectivity index (χ4n) is 4.57. The summed E-state index contributed by atoms with van der Waals surface area (Å²) in [5.41, 5.74) is 0. The van der Waals surface area contributed by atoms with Crippen molar-refractivity contribution >= 4 is 11.8 Å². The van der Waals surface area contributed by atoms with Gasteiger partial charge in [0.15, 0.2) is 0 Å². The van der Waals surface area contributed by atoms with Crippen LogP contribution in [0.25, 0.3) is 0 Å². The topological polar surface area (TPSA) is 40.6 Å². The van der Waals surface area contributed by atoms with Crippen LogP contribution in [0, 0.1) is 0 Å². The molecule has 28 heavy (non-hydrogen) atoms. The highest BCUT2D eigenvalue weighted by atomic mass is 16.2. The van der Waals surface area contributed by atoms with E-state index in [1.165, 1.54) is 89.9 Å². The summed E-state index contributed by atoms with van der Waals surface area (Å²) >= 11 is 0. The normalized spacial score (nSPS) is 18.6. The Balaban J connectivity index is 1.37. The molecule has 0 atom stereocenters. The lowest BCUT2D eigenvalue weighted by Gasteiger charge is -2.20. The Bertz CT molecular complexity index is 382. The lowest BCUT2D eigenvalue weighted by atomic mass is 10.1. The van der Waals surface area contributed by atoms with Gasteiger partial charge in [0.2, 0.25) is 11.8 Å². The minimum absolute atomic E-state index is 0.385. The van der Waals surface area contributed by atoms with Gasteiger partial charge >= 0.3 is 0 Å². The molecular weight excluding hydrogens is 348 g/mol. The summed E-state index contributed by atoms with van der Waals surface area (Å²) in [6, 6.07) is 0. The van der Waals surface area contributed by atoms with Crippen molar-refractivity contribution in [3.63, 3.8) is 0 Å². The molecule has 4 nitrogen and oxygen atoms in total. The molecule has 2 saturated heterocycles. The maximum Gasteiger partial charge on any atom is 0.222 e. The Labute approximate surface area is 173 Å². The number of hydrogen-bond donors (Lipinski definition) is 0. The van der Waals surface area contributed by atoms with Gasteiger partial charge in [0.1, 0.15) is 0 Å². The first-order valence-corrected chi connectivity index (χ1v) is 12.3. The molecular formula is C24H44N2O2. The fourth-order valence-corrected chi connectivity index (χ4v) is 4.57. The molecule has 2 amide bonds. The third-order valence-electron chi connectivity index (χ3n) is 6.45. The van der Waals surface area contributed by atoms with Crippen molar-refractivity contribution in [3.8, 4) is 0 Å². The number of nitrogens with zero attached hydrogens (tertiary/aromatic N) is 2. The molecule has 0 aromatic heterocycles. The van der Waals surface area contributed by atoms with Gasteiger partial charge in [-0.05, 0) is 38.5 Å². The lowest BCUT2D eigenvalue weighted by Crippen LogP contribution is -2.31. The van der Waals surface area contributed by atoms with Crippen LogP contribution < -0.4 is 0 Å². The summed E-state index contributed by atoms with van der Waals surface area (Å²) in [5.74, 6) is 0.770. The Kier molecular flexibility index (Phi) is 12.3. The molecule has 0 unspecified atom stereocenters. The molecule has 0 saturated carbocycles. The second-order valence-electron chi connectivity index (χ2n) is 8.92. The summed E-state index contributed by atoms with van der Waals surface area (Å²) in [6.45, 7) is 3.94. The van der Waals surface area contributed by atoms with Crippen LogP contribution in [-0.2, 0) is 9.59 Å². The molecule has 162 valence electrons. The van der Waals surface area contributed by atoms with Gasteiger partial charge in [-0.25, -0.2) is 0 Å². The molecule has 2 aliphatic heterocycles. The van der Waals surface area contributed by atoms with E-state index in [2.05, 4.69) is 9.80 Å². The highest BCUT2D eigenvalue weighted by Gasteiger charge is 2.15. The number of amides is 2. The van der Waals surface area contributed by atoms with E-state index in [-0.39, 0.29) is 0 Å². The zero-order chi connectivity index (χ0) is 19.9. The molecule has 2 heterocycles. The molecule has 0 spiro atoms. The highest BCUT2D eigenvalue weighted by molar-refractivity contribution is 5.76. The summed E-state index contributed by atoms with van der Waals surface area (Å²) < 4.78 is 0. The van der Waals surface area contributed by atoms with Crippen LogP contribution in [0.2, 0.25) is 0 Å². The van der Waals surface area contributed by atoms with Crippen molar-refractivity contribution < 1.29 is 9.59 Å². The van der Waals surface area contributed by atoms with E-state index in [9.17, 15) is 9.59 Å². The monoisotopic (exact) mass is 392 g/mol. The summed E-state index contributed by atoms with van der Waals surface area (Å²) in [6.07, 6.45) is 20.9. The smallest absolute Gasteiger partial charge is 0.222 e. The summed E-state index contributed by atoms with van der Waals surface area (Å²) in [7, 11) is 0. The largest absolute Gasteiger partial charge is 0.343 e. The average molecular weight is 393 g/mol. The Hall–Kier alpha value is -1.06. The predicted octanol–water partition coefficient (Wildman–Crippen LogP) is 5.69. The zero-order valence-electron chi connectivity index (χ0n) is 18.3. The molecule has 0 aromatic rings. The fraction of sp³-hybridized carbons (Fsp3) is 0.917. The van der Waals surface area contributed by atoms with E-state index in [4.69, 9.17) is 0 Å². The maximum atomic E-state index is 12.2. The standard InChI is InChI=1S/C24H44N2O2/c27-23(25-19-13-7-8-14-20-25)17-11-5-3-1-2-4-6-12-18-24(28)26-21-15-9-10-16-22-26/h1-22H2. The lowest BCUT2D eigenvalue weighted by molar-refractivity contribution is -0.132. The first-order valence-electron chi connectivity index (χ1n) is 12.3. The minimum atomic E-state index is 0.385. The second kappa shape index (κ2) is 14.9. The first kappa shape index (κ1) is 23.2. The second-order valence-corrected chi connectivity index (χ2v) is 8.92. The molecule has 0 aromatic carbocycles. The van der Waals surface area contributed by atoms with Crippen molar-refractivity contribution in [1.82, 2.24) is 9.80 Å². The molecule has 0 N–H and O–H groups in total.